The van der Waals surface area contributed by atoms with Crippen LogP contribution in [-0.4, -0.2) is 11.2 Å². The molecule has 72 valence electrons. The van der Waals surface area contributed by atoms with Crippen LogP contribution in [0.4, 0.5) is 4.39 Å². The minimum Gasteiger partial charge on any atom is -0.393 e. The van der Waals surface area contributed by atoms with Gasteiger partial charge in [0.25, 0.3) is 0 Å². The molecule has 0 aliphatic carbocycles. The van der Waals surface area contributed by atoms with Gasteiger partial charge in [0.15, 0.2) is 0 Å². The van der Waals surface area contributed by atoms with E-state index in [1.807, 2.05) is 6.07 Å². The van der Waals surface area contributed by atoms with Crippen molar-refractivity contribution in [1.82, 2.24) is 0 Å². The van der Waals surface area contributed by atoms with Crippen molar-refractivity contribution in [1.29, 1.82) is 0 Å². The lowest BCUT2D eigenvalue weighted by molar-refractivity contribution is 0.185. The van der Waals surface area contributed by atoms with Gasteiger partial charge in [0.2, 0.25) is 0 Å². The Morgan fingerprint density at radius 3 is 2.69 bits per heavy atom. The predicted molar refractivity (Wildman–Crippen MR) is 54.1 cm³/mol. The van der Waals surface area contributed by atoms with E-state index in [4.69, 9.17) is 5.11 Å². The Morgan fingerprint density at radius 1 is 1.46 bits per heavy atom. The maximum Gasteiger partial charge on any atom is 0.124 e. The molecule has 1 N–H and O–H groups in total. The van der Waals surface area contributed by atoms with Crippen LogP contribution in [0.5, 0.6) is 0 Å². The van der Waals surface area contributed by atoms with Crippen LogP contribution >= 0.6 is 15.9 Å². The molecule has 1 atom stereocenters. The van der Waals surface area contributed by atoms with Gasteiger partial charge in [-0.1, -0.05) is 15.9 Å². The quantitative estimate of drug-likeness (QED) is 0.870. The monoisotopic (exact) mass is 246 g/mol. The minimum absolute atomic E-state index is 0.241. The highest BCUT2D eigenvalue weighted by atomic mass is 79.9. The van der Waals surface area contributed by atoms with Crippen LogP contribution in [0.25, 0.3) is 0 Å². The summed E-state index contributed by atoms with van der Waals surface area (Å²) >= 11 is 3.22. The van der Waals surface area contributed by atoms with E-state index in [1.54, 1.807) is 6.92 Å². The van der Waals surface area contributed by atoms with Gasteiger partial charge in [0.1, 0.15) is 5.82 Å². The van der Waals surface area contributed by atoms with Crippen molar-refractivity contribution in [3.8, 4) is 0 Å². The first kappa shape index (κ1) is 10.7. The number of hydrogen-bond acceptors (Lipinski definition) is 1. The molecular weight excluding hydrogens is 235 g/mol. The highest BCUT2D eigenvalue weighted by Gasteiger charge is 2.01. The molecule has 3 heteroatoms. The summed E-state index contributed by atoms with van der Waals surface area (Å²) in [6.07, 6.45) is 1.03. The molecule has 13 heavy (non-hydrogen) atoms. The van der Waals surface area contributed by atoms with Crippen molar-refractivity contribution in [2.24, 2.45) is 0 Å². The molecule has 0 aliphatic rings. The number of aliphatic hydroxyl groups is 1. The predicted octanol–water partition coefficient (Wildman–Crippen LogP) is 2.90. The van der Waals surface area contributed by atoms with Crippen LogP contribution in [0.15, 0.2) is 22.7 Å². The van der Waals surface area contributed by atoms with Crippen LogP contribution in [-0.2, 0) is 6.42 Å². The molecule has 1 aromatic carbocycles. The van der Waals surface area contributed by atoms with E-state index in [9.17, 15) is 4.39 Å². The highest BCUT2D eigenvalue weighted by molar-refractivity contribution is 9.10. The number of benzene rings is 1. The van der Waals surface area contributed by atoms with Crippen molar-refractivity contribution in [3.05, 3.63) is 34.1 Å². The fraction of sp³-hybridized carbons (Fsp3) is 0.400. The molecule has 0 radical (unpaired) electrons. The summed E-state index contributed by atoms with van der Waals surface area (Å²) in [4.78, 5) is 0. The molecule has 1 aromatic rings. The van der Waals surface area contributed by atoms with Crippen LogP contribution in [0.1, 0.15) is 18.9 Å². The molecule has 0 fully saturated rings. The fourth-order valence-corrected chi connectivity index (χ4v) is 1.64. The Bertz CT molecular complexity index is 266. The van der Waals surface area contributed by atoms with Crippen molar-refractivity contribution >= 4 is 15.9 Å². The summed E-state index contributed by atoms with van der Waals surface area (Å²) in [7, 11) is 0. The fourth-order valence-electron chi connectivity index (χ4n) is 1.13. The molecular formula is C10H12BrFO. The molecule has 0 aromatic heterocycles. The zero-order chi connectivity index (χ0) is 9.84. The van der Waals surface area contributed by atoms with Crippen LogP contribution in [0.2, 0.25) is 0 Å². The molecule has 0 unspecified atom stereocenters. The minimum atomic E-state index is -0.331. The third kappa shape index (κ3) is 3.87. The topological polar surface area (TPSA) is 20.2 Å². The Kier molecular flexibility index (Phi) is 3.88. The number of hydrogen-bond donors (Lipinski definition) is 1. The van der Waals surface area contributed by atoms with Gasteiger partial charge in [0, 0.05) is 4.47 Å². The summed E-state index contributed by atoms with van der Waals surface area (Å²) in [6.45, 7) is 1.73. The van der Waals surface area contributed by atoms with Crippen LogP contribution in [0, 0.1) is 5.82 Å². The van der Waals surface area contributed by atoms with Gasteiger partial charge in [-0.15, -0.1) is 0 Å². The zero-order valence-electron chi connectivity index (χ0n) is 7.43. The SMILES string of the molecule is C[C@H](O)CCc1cc(F)cc(Br)c1. The Labute approximate surface area is 85.7 Å². The van der Waals surface area contributed by atoms with Gasteiger partial charge < -0.3 is 5.11 Å². The number of aliphatic hydroxyl groups excluding tert-OH is 1. The van der Waals surface area contributed by atoms with Crippen LogP contribution < -0.4 is 0 Å². The standard InChI is InChI=1S/C10H12BrFO/c1-7(13)2-3-8-4-9(11)6-10(12)5-8/h4-7,13H,2-3H2,1H3/t7-/m0/s1. The van der Waals surface area contributed by atoms with E-state index in [1.165, 1.54) is 12.1 Å². The lowest BCUT2D eigenvalue weighted by atomic mass is 10.1. The summed E-state index contributed by atoms with van der Waals surface area (Å²) in [6, 6.07) is 4.78. The molecule has 0 bridgehead atoms. The first-order chi connectivity index (χ1) is 6.08. The molecule has 1 nitrogen and oxygen atoms in total. The highest BCUT2D eigenvalue weighted by Crippen LogP contribution is 2.16. The summed E-state index contributed by atoms with van der Waals surface area (Å²) in [5.41, 5.74) is 0.910. The smallest absolute Gasteiger partial charge is 0.124 e. The summed E-state index contributed by atoms with van der Waals surface area (Å²) in [5, 5.41) is 9.05. The summed E-state index contributed by atoms with van der Waals surface area (Å²) in [5.74, 6) is -0.241. The lowest BCUT2D eigenvalue weighted by Crippen LogP contribution is -2.01. The van der Waals surface area contributed by atoms with Gasteiger partial charge in [0.05, 0.1) is 6.10 Å². The Morgan fingerprint density at radius 2 is 2.15 bits per heavy atom. The van der Waals surface area contributed by atoms with Crippen molar-refractivity contribution < 1.29 is 9.50 Å². The third-order valence-corrected chi connectivity index (χ3v) is 2.23. The average Bonchev–Trinajstić information content (AvgIpc) is 1.99. The molecule has 0 heterocycles. The Balaban J connectivity index is 2.66. The number of halogens is 2. The second-order valence-corrected chi connectivity index (χ2v) is 4.08. The lowest BCUT2D eigenvalue weighted by Gasteiger charge is -2.04. The van der Waals surface area contributed by atoms with Crippen molar-refractivity contribution in [2.45, 2.75) is 25.9 Å². The van der Waals surface area contributed by atoms with Gasteiger partial charge in [-0.3, -0.25) is 0 Å². The van der Waals surface area contributed by atoms with Gasteiger partial charge in [-0.25, -0.2) is 4.39 Å². The molecule has 0 aliphatic heterocycles. The first-order valence-corrected chi connectivity index (χ1v) is 5.00. The molecule has 0 saturated carbocycles. The van der Waals surface area contributed by atoms with E-state index in [0.29, 0.717) is 12.8 Å². The normalized spacial score (nSPS) is 12.9. The van der Waals surface area contributed by atoms with E-state index in [-0.39, 0.29) is 11.9 Å². The van der Waals surface area contributed by atoms with Crippen molar-refractivity contribution in [3.63, 3.8) is 0 Å². The number of aryl methyl sites for hydroxylation is 1. The van der Waals surface area contributed by atoms with Crippen molar-refractivity contribution in [2.75, 3.05) is 0 Å². The summed E-state index contributed by atoms with van der Waals surface area (Å²) < 4.78 is 13.6. The van der Waals surface area contributed by atoms with Gasteiger partial charge in [-0.2, -0.15) is 0 Å². The maximum absolute atomic E-state index is 12.9. The van der Waals surface area contributed by atoms with E-state index >= 15 is 0 Å². The zero-order valence-corrected chi connectivity index (χ0v) is 9.01. The van der Waals surface area contributed by atoms with Gasteiger partial charge >= 0.3 is 0 Å². The second-order valence-electron chi connectivity index (χ2n) is 3.17. The van der Waals surface area contributed by atoms with E-state index in [0.717, 1.165) is 10.0 Å². The number of rotatable bonds is 3. The largest absolute Gasteiger partial charge is 0.393 e. The first-order valence-electron chi connectivity index (χ1n) is 4.21. The molecule has 0 spiro atoms. The second kappa shape index (κ2) is 4.72. The Hall–Kier alpha value is -0.410. The molecule has 1 rings (SSSR count). The molecule has 0 amide bonds. The average molecular weight is 247 g/mol. The maximum atomic E-state index is 12.9. The molecule has 0 saturated heterocycles. The van der Waals surface area contributed by atoms with Crippen LogP contribution in [0.3, 0.4) is 0 Å². The van der Waals surface area contributed by atoms with E-state index < -0.39 is 0 Å². The third-order valence-electron chi connectivity index (χ3n) is 1.77. The van der Waals surface area contributed by atoms with E-state index in [2.05, 4.69) is 15.9 Å². The van der Waals surface area contributed by atoms with Gasteiger partial charge in [-0.05, 0) is 43.5 Å².